The summed E-state index contributed by atoms with van der Waals surface area (Å²) in [7, 11) is 0.628. The quantitative estimate of drug-likeness (QED) is 0.466. The van der Waals surface area contributed by atoms with Crippen molar-refractivity contribution in [1.29, 1.82) is 0 Å². The number of hydrogen-bond donors (Lipinski definition) is 0. The van der Waals surface area contributed by atoms with Gasteiger partial charge in [-0.2, -0.15) is 0 Å². The summed E-state index contributed by atoms with van der Waals surface area (Å²) in [5.74, 6) is 2.60. The maximum Gasteiger partial charge on any atom is 0.144 e. The molecule has 0 aliphatic carbocycles. The molecule has 0 atom stereocenters. The highest BCUT2D eigenvalue weighted by Crippen LogP contribution is 2.34. The van der Waals surface area contributed by atoms with E-state index in [0.29, 0.717) is 10.9 Å². The molecule has 0 fully saturated rings. The van der Waals surface area contributed by atoms with Gasteiger partial charge < -0.3 is 0 Å². The number of hydrogen-bond acceptors (Lipinski definition) is 3. The average Bonchev–Trinajstić information content (AvgIpc) is 2.21. The van der Waals surface area contributed by atoms with E-state index in [0.717, 1.165) is 3.14 Å². The zero-order valence-corrected chi connectivity index (χ0v) is 8.81. The third kappa shape index (κ3) is 1.18. The van der Waals surface area contributed by atoms with Gasteiger partial charge >= 0.3 is 0 Å². The molecular formula is C6H7S4+. The van der Waals surface area contributed by atoms with Gasteiger partial charge in [-0.15, -0.1) is 22.7 Å². The first-order chi connectivity index (χ1) is 4.75. The summed E-state index contributed by atoms with van der Waals surface area (Å²) in [5.41, 5.74) is 0. The number of rotatable bonds is 0. The molecule has 1 aromatic rings. The Morgan fingerprint density at radius 2 is 1.80 bits per heavy atom. The average molecular weight is 207 g/mol. The molecule has 1 aromatic heterocycles. The predicted octanol–water partition coefficient (Wildman–Crippen LogP) is 2.80. The summed E-state index contributed by atoms with van der Waals surface area (Å²) < 4.78 is 1.11. The van der Waals surface area contributed by atoms with E-state index in [1.165, 1.54) is 11.5 Å². The van der Waals surface area contributed by atoms with Gasteiger partial charge in [0, 0.05) is 0 Å². The molecule has 0 bridgehead atoms. The molecule has 0 saturated carbocycles. The van der Waals surface area contributed by atoms with Crippen molar-refractivity contribution >= 4 is 45.8 Å². The zero-order valence-electron chi connectivity index (χ0n) is 5.55. The Balaban J connectivity index is 2.48. The van der Waals surface area contributed by atoms with Crippen LogP contribution >= 0.6 is 34.9 Å². The largest absolute Gasteiger partial charge is 0.144 e. The second-order valence-corrected chi connectivity index (χ2v) is 7.90. The first-order valence-electron chi connectivity index (χ1n) is 2.96. The first-order valence-corrected chi connectivity index (χ1v) is 6.98. The van der Waals surface area contributed by atoms with Crippen LogP contribution in [0.1, 0.15) is 9.75 Å². The highest BCUT2D eigenvalue weighted by atomic mass is 32.2. The van der Waals surface area contributed by atoms with Crippen LogP contribution in [-0.4, -0.2) is 6.26 Å². The van der Waals surface area contributed by atoms with E-state index < -0.39 is 0 Å². The van der Waals surface area contributed by atoms with Crippen LogP contribution in [0.3, 0.4) is 0 Å². The molecule has 0 spiro atoms. The third-order valence-electron chi connectivity index (χ3n) is 1.48. The molecule has 10 heavy (non-hydrogen) atoms. The highest BCUT2D eigenvalue weighted by molar-refractivity contribution is 7.95. The van der Waals surface area contributed by atoms with Gasteiger partial charge in [0.05, 0.1) is 16.0 Å². The summed E-state index contributed by atoms with van der Waals surface area (Å²) in [5, 5.41) is 0. The first kappa shape index (κ1) is 7.28. The van der Waals surface area contributed by atoms with Crippen LogP contribution in [0.25, 0.3) is 0 Å². The van der Waals surface area contributed by atoms with Crippen LogP contribution in [0.2, 0.25) is 0 Å². The fourth-order valence-corrected chi connectivity index (χ4v) is 6.66. The van der Waals surface area contributed by atoms with Crippen LogP contribution < -0.4 is 0 Å². The fraction of sp³-hybridized carbons (Fsp3) is 0.500. The zero-order chi connectivity index (χ0) is 7.14. The van der Waals surface area contributed by atoms with Crippen LogP contribution in [0.4, 0.5) is 0 Å². The van der Waals surface area contributed by atoms with E-state index in [1.807, 2.05) is 22.7 Å². The van der Waals surface area contributed by atoms with Gasteiger partial charge in [-0.05, 0) is 10.9 Å². The van der Waals surface area contributed by atoms with Crippen LogP contribution in [0.15, 0.2) is 0 Å². The van der Waals surface area contributed by atoms with Gasteiger partial charge in [0.15, 0.2) is 0 Å². The Morgan fingerprint density at radius 3 is 2.30 bits per heavy atom. The summed E-state index contributed by atoms with van der Waals surface area (Å²) in [6, 6.07) is 0. The smallest absolute Gasteiger partial charge is 0.112 e. The van der Waals surface area contributed by atoms with Crippen molar-refractivity contribution in [3.05, 3.63) is 12.9 Å². The molecule has 0 unspecified atom stereocenters. The highest BCUT2D eigenvalue weighted by Gasteiger charge is 2.27. The predicted molar refractivity (Wildman–Crippen MR) is 53.7 cm³/mol. The topological polar surface area (TPSA) is 0 Å². The molecule has 0 radical (unpaired) electrons. The molecule has 54 valence electrons. The van der Waals surface area contributed by atoms with E-state index >= 15 is 0 Å². The van der Waals surface area contributed by atoms with Gasteiger partial charge in [-0.25, -0.2) is 0 Å². The summed E-state index contributed by atoms with van der Waals surface area (Å²) >= 11 is 8.74. The maximum atomic E-state index is 5.10. The molecule has 2 heterocycles. The molecule has 0 amide bonds. The van der Waals surface area contributed by atoms with Gasteiger partial charge in [0.1, 0.15) is 14.6 Å². The van der Waals surface area contributed by atoms with Crippen molar-refractivity contribution < 1.29 is 0 Å². The third-order valence-corrected chi connectivity index (χ3v) is 6.14. The van der Waals surface area contributed by atoms with Crippen molar-refractivity contribution in [1.82, 2.24) is 0 Å². The molecule has 4 heteroatoms. The Morgan fingerprint density at radius 1 is 1.30 bits per heavy atom. The van der Waals surface area contributed by atoms with E-state index in [-0.39, 0.29) is 0 Å². The Kier molecular flexibility index (Phi) is 1.88. The second kappa shape index (κ2) is 2.59. The summed E-state index contributed by atoms with van der Waals surface area (Å²) in [6.07, 6.45) is 2.34. The normalized spacial score (nSPS) is 17.7. The lowest BCUT2D eigenvalue weighted by Gasteiger charge is -1.85. The van der Waals surface area contributed by atoms with Crippen molar-refractivity contribution in [2.75, 3.05) is 6.26 Å². The lowest BCUT2D eigenvalue weighted by molar-refractivity contribution is 1.53. The van der Waals surface area contributed by atoms with E-state index in [2.05, 4.69) is 6.26 Å². The Labute approximate surface area is 76.3 Å². The Bertz CT molecular complexity index is 268. The molecule has 1 aliphatic heterocycles. The standard InChI is InChI=1S/C6H7S4/c1-10-2-4-5(3-10)9-6(7)8-4/h2-3H2,1H3/q+1. The Hall–Kier alpha value is 0.620. The molecule has 0 aromatic carbocycles. The molecule has 0 saturated heterocycles. The lowest BCUT2D eigenvalue weighted by atomic mass is 10.5. The number of fused-ring (bicyclic) bond motifs is 1. The molecular weight excluding hydrogens is 200 g/mol. The minimum absolute atomic E-state index is 0.628. The minimum atomic E-state index is 0.628. The molecule has 2 rings (SSSR count). The van der Waals surface area contributed by atoms with Gasteiger partial charge in [0.2, 0.25) is 0 Å². The lowest BCUT2D eigenvalue weighted by Crippen LogP contribution is -1.93. The maximum absolute atomic E-state index is 5.10. The van der Waals surface area contributed by atoms with Gasteiger partial charge in [-0.1, -0.05) is 12.2 Å². The van der Waals surface area contributed by atoms with Crippen LogP contribution in [0, 0.1) is 3.14 Å². The minimum Gasteiger partial charge on any atom is -0.112 e. The van der Waals surface area contributed by atoms with E-state index in [9.17, 15) is 0 Å². The second-order valence-electron chi connectivity index (χ2n) is 2.37. The fourth-order valence-electron chi connectivity index (χ4n) is 1.05. The van der Waals surface area contributed by atoms with Crippen molar-refractivity contribution in [2.24, 2.45) is 0 Å². The van der Waals surface area contributed by atoms with Gasteiger partial charge in [0.25, 0.3) is 0 Å². The van der Waals surface area contributed by atoms with Crippen molar-refractivity contribution in [3.63, 3.8) is 0 Å². The monoisotopic (exact) mass is 207 g/mol. The van der Waals surface area contributed by atoms with Crippen LogP contribution in [-0.2, 0) is 22.4 Å². The van der Waals surface area contributed by atoms with E-state index in [1.54, 1.807) is 9.75 Å². The SMILES string of the molecule is C[S+]1Cc2sc(=S)sc2C1. The molecule has 1 aliphatic rings. The van der Waals surface area contributed by atoms with Gasteiger partial charge in [-0.3, -0.25) is 0 Å². The van der Waals surface area contributed by atoms with Crippen LogP contribution in [0.5, 0.6) is 0 Å². The van der Waals surface area contributed by atoms with E-state index in [4.69, 9.17) is 12.2 Å². The van der Waals surface area contributed by atoms with Crippen molar-refractivity contribution in [3.8, 4) is 0 Å². The molecule has 0 N–H and O–H groups in total. The molecule has 0 nitrogen and oxygen atoms in total. The van der Waals surface area contributed by atoms with Crippen molar-refractivity contribution in [2.45, 2.75) is 11.5 Å². The summed E-state index contributed by atoms with van der Waals surface area (Å²) in [6.45, 7) is 0. The summed E-state index contributed by atoms with van der Waals surface area (Å²) in [4.78, 5) is 3.14.